The molecule has 0 saturated heterocycles. The summed E-state index contributed by atoms with van der Waals surface area (Å²) in [5.74, 6) is -0.262. The van der Waals surface area contributed by atoms with E-state index < -0.39 is 14.5 Å². The van der Waals surface area contributed by atoms with Crippen LogP contribution in [0.1, 0.15) is 19.8 Å². The molecule has 2 amide bonds. The first kappa shape index (κ1) is 9.37. The molecule has 0 saturated carbocycles. The molecule has 10 heavy (non-hydrogen) atoms. The van der Waals surface area contributed by atoms with Crippen LogP contribution in [0.3, 0.4) is 0 Å². The predicted octanol–water partition coefficient (Wildman–Crippen LogP) is 0.805. The van der Waals surface area contributed by atoms with E-state index in [-0.39, 0.29) is 5.78 Å². The molecule has 0 aliphatic carbocycles. The second-order valence-corrected chi connectivity index (χ2v) is 2.90. The van der Waals surface area contributed by atoms with Crippen LogP contribution >= 0.6 is 8.46 Å². The van der Waals surface area contributed by atoms with Crippen LogP contribution in [0.2, 0.25) is 0 Å². The van der Waals surface area contributed by atoms with Crippen LogP contribution in [0.25, 0.3) is 0 Å². The number of primary amides is 1. The summed E-state index contributed by atoms with van der Waals surface area (Å²) in [5.41, 5.74) is 4.81. The maximum atomic E-state index is 10.3. The molecule has 0 rings (SSSR count). The normalized spacial score (nSPS) is 12.9. The van der Waals surface area contributed by atoms with E-state index >= 15 is 0 Å². The lowest BCUT2D eigenvalue weighted by atomic mass is 10.3. The third-order valence-electron chi connectivity index (χ3n) is 1.04. The van der Waals surface area contributed by atoms with Crippen molar-refractivity contribution >= 4 is 14.5 Å². The Balaban J connectivity index is 3.59. The SMILES string of the molecule is CCCC(NC(N)=O)[PH+]=O. The van der Waals surface area contributed by atoms with Gasteiger partial charge in [-0.3, -0.25) is 5.32 Å². The molecule has 0 bridgehead atoms. The molecule has 0 fully saturated rings. The molecule has 0 aliphatic heterocycles. The molecule has 58 valence electrons. The predicted molar refractivity (Wildman–Crippen MR) is 40.4 cm³/mol. The second-order valence-electron chi connectivity index (χ2n) is 1.97. The number of rotatable bonds is 4. The zero-order chi connectivity index (χ0) is 7.98. The first-order valence-corrected chi connectivity index (χ1v) is 4.13. The van der Waals surface area contributed by atoms with Gasteiger partial charge in [0.15, 0.2) is 0 Å². The van der Waals surface area contributed by atoms with E-state index in [1.54, 1.807) is 0 Å². The van der Waals surface area contributed by atoms with E-state index in [9.17, 15) is 9.36 Å². The molecule has 5 heteroatoms. The van der Waals surface area contributed by atoms with Crippen LogP contribution in [0.5, 0.6) is 0 Å². The summed E-state index contributed by atoms with van der Waals surface area (Å²) in [7, 11) is -0.513. The molecule has 0 radical (unpaired) electrons. The van der Waals surface area contributed by atoms with Gasteiger partial charge in [0, 0.05) is 6.42 Å². The molecule has 0 aromatic rings. The van der Waals surface area contributed by atoms with Crippen LogP contribution in [0.4, 0.5) is 4.79 Å². The third kappa shape index (κ3) is 4.27. The fourth-order valence-corrected chi connectivity index (χ4v) is 1.23. The third-order valence-corrected chi connectivity index (χ3v) is 1.75. The Labute approximate surface area is 61.4 Å². The first-order chi connectivity index (χ1) is 4.70. The Bertz CT molecular complexity index is 129. The Morgan fingerprint density at radius 2 is 2.40 bits per heavy atom. The highest BCUT2D eigenvalue weighted by Crippen LogP contribution is 2.08. The van der Waals surface area contributed by atoms with E-state index in [1.165, 1.54) is 0 Å². The largest absolute Gasteiger partial charge is 0.352 e. The smallest absolute Gasteiger partial charge is 0.349 e. The number of nitrogens with one attached hydrogen (secondary N) is 1. The molecule has 3 N–H and O–H groups in total. The number of urea groups is 1. The lowest BCUT2D eigenvalue weighted by Gasteiger charge is -2.00. The van der Waals surface area contributed by atoms with Gasteiger partial charge in [0.25, 0.3) is 0 Å². The molecule has 0 heterocycles. The van der Waals surface area contributed by atoms with Crippen molar-refractivity contribution in [1.82, 2.24) is 5.32 Å². The number of hydrogen-bond donors (Lipinski definition) is 2. The van der Waals surface area contributed by atoms with E-state index in [1.807, 2.05) is 6.92 Å². The standard InChI is InChI=1S/C5H11N2O2P/c1-2-3-4(10-9)7-5(6)8/h4H,2-3H2,1H3,(H3,6,7,8)/p+1. The maximum absolute atomic E-state index is 10.3. The molecule has 0 aromatic carbocycles. The Kier molecular flexibility index (Phi) is 4.85. The van der Waals surface area contributed by atoms with Crippen molar-refractivity contribution in [3.8, 4) is 0 Å². The van der Waals surface area contributed by atoms with Gasteiger partial charge in [-0.15, -0.1) is 0 Å². The van der Waals surface area contributed by atoms with Gasteiger partial charge in [-0.1, -0.05) is 11.5 Å². The van der Waals surface area contributed by atoms with Crippen molar-refractivity contribution in [2.45, 2.75) is 25.5 Å². The van der Waals surface area contributed by atoms with Crippen molar-refractivity contribution in [3.63, 3.8) is 0 Å². The van der Waals surface area contributed by atoms with E-state index in [0.29, 0.717) is 6.42 Å². The topological polar surface area (TPSA) is 72.2 Å². The lowest BCUT2D eigenvalue weighted by molar-refractivity contribution is 0.247. The number of nitrogens with two attached hydrogens (primary N) is 1. The summed E-state index contributed by atoms with van der Waals surface area (Å²) >= 11 is 0. The van der Waals surface area contributed by atoms with Gasteiger partial charge in [-0.2, -0.15) is 0 Å². The summed E-state index contributed by atoms with van der Waals surface area (Å²) in [5, 5.41) is 2.37. The first-order valence-electron chi connectivity index (χ1n) is 3.14. The fourth-order valence-electron chi connectivity index (χ4n) is 0.621. The molecule has 4 nitrogen and oxygen atoms in total. The van der Waals surface area contributed by atoms with Gasteiger partial charge >= 0.3 is 14.5 Å². The summed E-state index contributed by atoms with van der Waals surface area (Å²) < 4.78 is 10.3. The number of amides is 2. The van der Waals surface area contributed by atoms with Gasteiger partial charge in [-0.05, 0) is 6.42 Å². The number of carbonyl (C=O) groups is 1. The highest BCUT2D eigenvalue weighted by molar-refractivity contribution is 7.24. The van der Waals surface area contributed by atoms with E-state index in [2.05, 4.69) is 5.32 Å². The Morgan fingerprint density at radius 3 is 2.70 bits per heavy atom. The molecule has 2 unspecified atom stereocenters. The summed E-state index contributed by atoms with van der Waals surface area (Å²) in [6, 6.07) is -0.609. The number of carbonyl (C=O) groups excluding carboxylic acids is 1. The maximum Gasteiger partial charge on any atom is 0.349 e. The van der Waals surface area contributed by atoms with Gasteiger partial charge in [0.05, 0.1) is 0 Å². The lowest BCUT2D eigenvalue weighted by Crippen LogP contribution is -2.35. The van der Waals surface area contributed by atoms with E-state index in [4.69, 9.17) is 5.73 Å². The van der Waals surface area contributed by atoms with Gasteiger partial charge < -0.3 is 5.73 Å². The summed E-state index contributed by atoms with van der Waals surface area (Å²) in [6.45, 7) is 1.95. The summed E-state index contributed by atoms with van der Waals surface area (Å²) in [6.07, 6.45) is 1.60. The second kappa shape index (κ2) is 5.18. The Morgan fingerprint density at radius 1 is 1.80 bits per heavy atom. The molecule has 0 spiro atoms. The molecule has 0 aliphatic rings. The minimum absolute atomic E-state index is 0.262. The van der Waals surface area contributed by atoms with Crippen LogP contribution in [-0.4, -0.2) is 11.8 Å². The average Bonchev–Trinajstić information content (AvgIpc) is 1.86. The minimum atomic E-state index is -0.609. The van der Waals surface area contributed by atoms with Crippen LogP contribution in [0, 0.1) is 0 Å². The Hall–Kier alpha value is -0.630. The zero-order valence-corrected chi connectivity index (χ0v) is 6.89. The van der Waals surface area contributed by atoms with Crippen molar-refractivity contribution in [2.75, 3.05) is 0 Å². The average molecular weight is 163 g/mol. The molecule has 2 atom stereocenters. The van der Waals surface area contributed by atoms with Crippen molar-refractivity contribution < 1.29 is 9.36 Å². The molecular formula is C5H12N2O2P+. The summed E-state index contributed by atoms with van der Waals surface area (Å²) in [4.78, 5) is 10.2. The molecule has 0 aromatic heterocycles. The monoisotopic (exact) mass is 163 g/mol. The zero-order valence-electron chi connectivity index (χ0n) is 5.89. The quantitative estimate of drug-likeness (QED) is 0.602. The van der Waals surface area contributed by atoms with Gasteiger partial charge in [-0.25, -0.2) is 4.79 Å². The molecular weight excluding hydrogens is 151 g/mol. The number of hydrogen-bond acceptors (Lipinski definition) is 2. The van der Waals surface area contributed by atoms with Crippen molar-refractivity contribution in [3.05, 3.63) is 0 Å². The fraction of sp³-hybridized carbons (Fsp3) is 0.800. The van der Waals surface area contributed by atoms with Crippen LogP contribution in [-0.2, 0) is 4.57 Å². The van der Waals surface area contributed by atoms with E-state index in [0.717, 1.165) is 6.42 Å². The van der Waals surface area contributed by atoms with Crippen molar-refractivity contribution in [2.24, 2.45) is 5.73 Å². The minimum Gasteiger partial charge on any atom is -0.352 e. The van der Waals surface area contributed by atoms with Crippen LogP contribution < -0.4 is 11.1 Å². The van der Waals surface area contributed by atoms with Gasteiger partial charge in [0.2, 0.25) is 5.78 Å². The highest BCUT2D eigenvalue weighted by atomic mass is 31.1. The highest BCUT2D eigenvalue weighted by Gasteiger charge is 2.14. The van der Waals surface area contributed by atoms with Crippen molar-refractivity contribution in [1.29, 1.82) is 0 Å². The van der Waals surface area contributed by atoms with Crippen LogP contribution in [0.15, 0.2) is 0 Å². The van der Waals surface area contributed by atoms with Gasteiger partial charge in [0.1, 0.15) is 0 Å².